The summed E-state index contributed by atoms with van der Waals surface area (Å²) < 4.78 is 0. The normalized spacial score (nSPS) is 5.17. The molecule has 0 aromatic heterocycles. The standard InChI is InChI=1S/C3H5.2C2H4O2.Pd/c1-3-2;2*1-2(3)4;/h3H,1-2H2;2*1H3,(H,3,4);/q-1;;;. The van der Waals surface area contributed by atoms with Gasteiger partial charge in [-0.15, -0.1) is 0 Å². The zero-order valence-corrected chi connectivity index (χ0v) is 8.57. The minimum Gasteiger partial charge on any atom is -0.481 e. The van der Waals surface area contributed by atoms with Crippen LogP contribution in [0.2, 0.25) is 0 Å². The van der Waals surface area contributed by atoms with E-state index >= 15 is 0 Å². The van der Waals surface area contributed by atoms with Crippen LogP contribution in [-0.2, 0) is 30.0 Å². The molecule has 0 aromatic rings. The van der Waals surface area contributed by atoms with Gasteiger partial charge in [0.1, 0.15) is 0 Å². The zero-order chi connectivity index (χ0) is 9.86. The molecule has 0 unspecified atom stereocenters. The van der Waals surface area contributed by atoms with Crippen LogP contribution in [0.4, 0.5) is 0 Å². The molecular formula is C7H13O4Pd-. The van der Waals surface area contributed by atoms with E-state index in [9.17, 15) is 0 Å². The third-order valence-corrected chi connectivity index (χ3v) is 0. The van der Waals surface area contributed by atoms with Gasteiger partial charge in [-0.2, -0.15) is 0 Å². The van der Waals surface area contributed by atoms with Crippen molar-refractivity contribution in [2.45, 2.75) is 13.8 Å². The van der Waals surface area contributed by atoms with Crippen LogP contribution in [0.3, 0.4) is 0 Å². The number of rotatable bonds is 0. The number of allylic oxidation sites excluding steroid dienone is 1. The number of hydrogen-bond donors (Lipinski definition) is 2. The van der Waals surface area contributed by atoms with Crippen LogP contribution in [0.25, 0.3) is 0 Å². The first kappa shape index (κ1) is 22.5. The van der Waals surface area contributed by atoms with Gasteiger partial charge >= 0.3 is 0 Å². The molecule has 0 amide bonds. The third kappa shape index (κ3) is 1000. The molecule has 0 atom stereocenters. The Hall–Kier alpha value is -0.788. The van der Waals surface area contributed by atoms with Gasteiger partial charge < -0.3 is 10.2 Å². The van der Waals surface area contributed by atoms with E-state index in [2.05, 4.69) is 13.5 Å². The molecule has 0 saturated heterocycles. The summed E-state index contributed by atoms with van der Waals surface area (Å²) in [4.78, 5) is 18.0. The van der Waals surface area contributed by atoms with Crippen LogP contribution in [0, 0.1) is 6.92 Å². The summed E-state index contributed by atoms with van der Waals surface area (Å²) in [7, 11) is 0. The molecule has 76 valence electrons. The number of carboxylic acid groups (broad SMARTS) is 2. The SMILES string of the molecule is C=C[CH2-].CC(=O)O.CC(=O)O.[Pd]. The summed E-state index contributed by atoms with van der Waals surface area (Å²) in [6.07, 6.45) is 1.50. The molecule has 0 aliphatic carbocycles. The summed E-state index contributed by atoms with van der Waals surface area (Å²) >= 11 is 0. The van der Waals surface area contributed by atoms with Crippen molar-refractivity contribution >= 4 is 11.9 Å². The predicted molar refractivity (Wildman–Crippen MR) is 42.2 cm³/mol. The molecule has 0 aliphatic rings. The molecule has 0 bridgehead atoms. The Morgan fingerprint density at radius 3 is 1.25 bits per heavy atom. The monoisotopic (exact) mass is 267 g/mol. The summed E-state index contributed by atoms with van der Waals surface area (Å²) in [5.74, 6) is -1.67. The maximum atomic E-state index is 9.00. The molecular weight excluding hydrogens is 254 g/mol. The minimum absolute atomic E-state index is 0. The Morgan fingerprint density at radius 2 is 1.25 bits per heavy atom. The Bertz CT molecular complexity index is 103. The van der Waals surface area contributed by atoms with Gasteiger partial charge in [-0.3, -0.25) is 9.59 Å². The van der Waals surface area contributed by atoms with Crippen LogP contribution in [0.5, 0.6) is 0 Å². The maximum Gasteiger partial charge on any atom is 0.300 e. The molecule has 0 rings (SSSR count). The summed E-state index contributed by atoms with van der Waals surface area (Å²) in [6.45, 7) is 8.67. The van der Waals surface area contributed by atoms with E-state index in [1.165, 1.54) is 6.08 Å². The molecule has 0 heterocycles. The molecule has 0 spiro atoms. The van der Waals surface area contributed by atoms with Gasteiger partial charge in [0.25, 0.3) is 11.9 Å². The average Bonchev–Trinajstić information content (AvgIpc) is 1.60. The Balaban J connectivity index is -0.0000000389. The zero-order valence-electron chi connectivity index (χ0n) is 7.02. The van der Waals surface area contributed by atoms with Gasteiger partial charge in [-0.05, 0) is 0 Å². The topological polar surface area (TPSA) is 74.6 Å². The second kappa shape index (κ2) is 22.5. The molecule has 0 aromatic carbocycles. The van der Waals surface area contributed by atoms with Crippen LogP contribution < -0.4 is 0 Å². The van der Waals surface area contributed by atoms with Crippen LogP contribution in [0.15, 0.2) is 12.7 Å². The smallest absolute Gasteiger partial charge is 0.300 e. The van der Waals surface area contributed by atoms with Gasteiger partial charge in [0.2, 0.25) is 0 Å². The van der Waals surface area contributed by atoms with Gasteiger partial charge in [0.15, 0.2) is 0 Å². The first-order chi connectivity index (χ1) is 4.88. The second-order valence-electron chi connectivity index (χ2n) is 1.33. The van der Waals surface area contributed by atoms with Crippen molar-refractivity contribution in [3.63, 3.8) is 0 Å². The summed E-state index contributed by atoms with van der Waals surface area (Å²) in [6, 6.07) is 0. The van der Waals surface area contributed by atoms with Crippen LogP contribution >= 0.6 is 0 Å². The van der Waals surface area contributed by atoms with Crippen molar-refractivity contribution in [3.8, 4) is 0 Å². The molecule has 0 fully saturated rings. The van der Waals surface area contributed by atoms with Crippen molar-refractivity contribution in [1.29, 1.82) is 0 Å². The molecule has 4 nitrogen and oxygen atoms in total. The first-order valence-electron chi connectivity index (χ1n) is 2.67. The molecule has 12 heavy (non-hydrogen) atoms. The van der Waals surface area contributed by atoms with E-state index < -0.39 is 11.9 Å². The number of hydrogen-bond acceptors (Lipinski definition) is 2. The van der Waals surface area contributed by atoms with Crippen molar-refractivity contribution in [1.82, 2.24) is 0 Å². The Kier molecular flexibility index (Phi) is 42.1. The van der Waals surface area contributed by atoms with Crippen molar-refractivity contribution in [2.75, 3.05) is 0 Å². The molecule has 0 aliphatic heterocycles. The van der Waals surface area contributed by atoms with E-state index in [1.54, 1.807) is 0 Å². The molecule has 2 N–H and O–H groups in total. The van der Waals surface area contributed by atoms with Gasteiger partial charge in [-0.25, -0.2) is 19.6 Å². The fourth-order valence-corrected chi connectivity index (χ4v) is 0. The van der Waals surface area contributed by atoms with E-state index in [0.29, 0.717) is 0 Å². The number of carboxylic acids is 2. The van der Waals surface area contributed by atoms with Crippen molar-refractivity contribution < 1.29 is 40.2 Å². The van der Waals surface area contributed by atoms with Gasteiger partial charge in [0, 0.05) is 34.3 Å². The van der Waals surface area contributed by atoms with Crippen LogP contribution in [-0.4, -0.2) is 22.2 Å². The molecule has 0 radical (unpaired) electrons. The summed E-state index contributed by atoms with van der Waals surface area (Å²) in [5, 5.41) is 14.8. The Morgan fingerprint density at radius 1 is 1.25 bits per heavy atom. The first-order valence-corrected chi connectivity index (χ1v) is 2.67. The second-order valence-corrected chi connectivity index (χ2v) is 1.33. The quantitative estimate of drug-likeness (QED) is 0.511. The van der Waals surface area contributed by atoms with E-state index in [1.807, 2.05) is 0 Å². The maximum absolute atomic E-state index is 9.00. The van der Waals surface area contributed by atoms with Crippen molar-refractivity contribution in [2.24, 2.45) is 0 Å². The van der Waals surface area contributed by atoms with Gasteiger partial charge in [0.05, 0.1) is 0 Å². The number of carbonyl (C=O) groups is 2. The van der Waals surface area contributed by atoms with E-state index in [-0.39, 0.29) is 20.4 Å². The number of aliphatic carboxylic acids is 2. The largest absolute Gasteiger partial charge is 0.481 e. The van der Waals surface area contributed by atoms with Crippen LogP contribution in [0.1, 0.15) is 13.8 Å². The third-order valence-electron chi connectivity index (χ3n) is 0. The molecule has 5 heteroatoms. The van der Waals surface area contributed by atoms with E-state index in [4.69, 9.17) is 19.8 Å². The average molecular weight is 268 g/mol. The fraction of sp³-hybridized carbons (Fsp3) is 0.286. The fourth-order valence-electron chi connectivity index (χ4n) is 0. The minimum atomic E-state index is -0.833. The molecule has 0 saturated carbocycles. The Labute approximate surface area is 85.9 Å². The summed E-state index contributed by atoms with van der Waals surface area (Å²) in [5.41, 5.74) is 0. The van der Waals surface area contributed by atoms with Gasteiger partial charge in [-0.1, -0.05) is 0 Å². The van der Waals surface area contributed by atoms with Crippen molar-refractivity contribution in [3.05, 3.63) is 19.6 Å². The predicted octanol–water partition coefficient (Wildman–Crippen LogP) is 1.19. The van der Waals surface area contributed by atoms with E-state index in [0.717, 1.165) is 13.8 Å².